The van der Waals surface area contributed by atoms with Gasteiger partial charge in [0.15, 0.2) is 18.1 Å². The summed E-state index contributed by atoms with van der Waals surface area (Å²) in [5, 5.41) is 0. The molecule has 0 bridgehead atoms. The molecule has 1 aromatic carbocycles. The van der Waals surface area contributed by atoms with Crippen LogP contribution >= 0.6 is 0 Å². The Morgan fingerprint density at radius 2 is 2.09 bits per heavy atom. The number of nitrogen functional groups attached to an aromatic ring is 1. The van der Waals surface area contributed by atoms with E-state index in [1.165, 1.54) is 0 Å². The van der Waals surface area contributed by atoms with Gasteiger partial charge in [0, 0.05) is 18.3 Å². The first-order chi connectivity index (χ1) is 10.7. The van der Waals surface area contributed by atoms with Crippen molar-refractivity contribution in [3.05, 3.63) is 41.7 Å². The number of anilines is 1. The van der Waals surface area contributed by atoms with Crippen LogP contribution in [0.15, 0.2) is 30.5 Å². The molecule has 22 heavy (non-hydrogen) atoms. The SMILES string of the molecule is COc1ccccc1OCC(=O)N1Cc2cnc(N)nc2C1. The minimum Gasteiger partial charge on any atom is -0.493 e. The van der Waals surface area contributed by atoms with Crippen LogP contribution < -0.4 is 15.2 Å². The van der Waals surface area contributed by atoms with Gasteiger partial charge in [-0.1, -0.05) is 12.1 Å². The highest BCUT2D eigenvalue weighted by Crippen LogP contribution is 2.26. The summed E-state index contributed by atoms with van der Waals surface area (Å²) in [7, 11) is 1.56. The van der Waals surface area contributed by atoms with E-state index in [2.05, 4.69) is 9.97 Å². The maximum atomic E-state index is 12.3. The summed E-state index contributed by atoms with van der Waals surface area (Å²) in [5.74, 6) is 1.23. The minimum absolute atomic E-state index is 0.0583. The number of carbonyl (C=O) groups excluding carboxylic acids is 1. The first-order valence-electron chi connectivity index (χ1n) is 6.81. The van der Waals surface area contributed by atoms with Crippen molar-refractivity contribution in [2.24, 2.45) is 0 Å². The Bertz CT molecular complexity index is 705. The van der Waals surface area contributed by atoms with Gasteiger partial charge in [-0.3, -0.25) is 4.79 Å². The van der Waals surface area contributed by atoms with Crippen LogP contribution in [0.3, 0.4) is 0 Å². The zero-order valence-corrected chi connectivity index (χ0v) is 12.2. The van der Waals surface area contributed by atoms with Crippen molar-refractivity contribution in [3.8, 4) is 11.5 Å². The maximum Gasteiger partial charge on any atom is 0.261 e. The first kappa shape index (κ1) is 14.1. The van der Waals surface area contributed by atoms with Crippen molar-refractivity contribution in [1.82, 2.24) is 14.9 Å². The monoisotopic (exact) mass is 300 g/mol. The third kappa shape index (κ3) is 2.78. The highest BCUT2D eigenvalue weighted by Gasteiger charge is 2.25. The summed E-state index contributed by atoms with van der Waals surface area (Å²) in [6, 6.07) is 7.21. The zero-order chi connectivity index (χ0) is 15.5. The van der Waals surface area contributed by atoms with Crippen molar-refractivity contribution < 1.29 is 14.3 Å². The Morgan fingerprint density at radius 3 is 2.86 bits per heavy atom. The van der Waals surface area contributed by atoms with Crippen LogP contribution in [0, 0.1) is 0 Å². The second-order valence-electron chi connectivity index (χ2n) is 4.89. The molecule has 0 atom stereocenters. The minimum atomic E-state index is -0.123. The molecule has 2 N–H and O–H groups in total. The molecule has 1 amide bonds. The number of nitrogens with zero attached hydrogens (tertiary/aromatic N) is 3. The van der Waals surface area contributed by atoms with Crippen molar-refractivity contribution in [2.45, 2.75) is 13.1 Å². The molecule has 0 aliphatic carbocycles. The number of methoxy groups -OCH3 is 1. The van der Waals surface area contributed by atoms with Crippen LogP contribution in [-0.2, 0) is 17.9 Å². The van der Waals surface area contributed by atoms with Crippen LogP contribution in [-0.4, -0.2) is 34.5 Å². The van der Waals surface area contributed by atoms with Gasteiger partial charge in [0.2, 0.25) is 5.95 Å². The van der Waals surface area contributed by atoms with Crippen molar-refractivity contribution in [2.75, 3.05) is 19.5 Å². The third-order valence-electron chi connectivity index (χ3n) is 3.45. The maximum absolute atomic E-state index is 12.3. The van der Waals surface area contributed by atoms with Crippen LogP contribution in [0.1, 0.15) is 11.3 Å². The Kier molecular flexibility index (Phi) is 3.78. The van der Waals surface area contributed by atoms with Crippen LogP contribution in [0.2, 0.25) is 0 Å². The van der Waals surface area contributed by atoms with E-state index in [-0.39, 0.29) is 18.5 Å². The normalized spacial score (nSPS) is 12.9. The number of para-hydroxylation sites is 2. The molecule has 0 fully saturated rings. The standard InChI is InChI=1S/C15H16N4O3/c1-21-12-4-2-3-5-13(12)22-9-14(20)19-7-10-6-17-15(16)18-11(10)8-19/h2-6H,7-9H2,1H3,(H2,16,17,18). The average molecular weight is 300 g/mol. The van der Waals surface area contributed by atoms with Gasteiger partial charge in [0.05, 0.1) is 19.3 Å². The molecule has 0 saturated heterocycles. The molecule has 0 radical (unpaired) electrons. The van der Waals surface area contributed by atoms with E-state index in [0.717, 1.165) is 11.3 Å². The lowest BCUT2D eigenvalue weighted by Crippen LogP contribution is -2.30. The Morgan fingerprint density at radius 1 is 1.32 bits per heavy atom. The number of benzene rings is 1. The second kappa shape index (κ2) is 5.88. The van der Waals surface area contributed by atoms with Gasteiger partial charge in [-0.05, 0) is 12.1 Å². The number of fused-ring (bicyclic) bond motifs is 1. The third-order valence-corrected chi connectivity index (χ3v) is 3.45. The summed E-state index contributed by atoms with van der Waals surface area (Å²) < 4.78 is 10.7. The zero-order valence-electron chi connectivity index (χ0n) is 12.2. The molecule has 2 heterocycles. The van der Waals surface area contributed by atoms with E-state index in [1.54, 1.807) is 30.3 Å². The fourth-order valence-corrected chi connectivity index (χ4v) is 2.31. The number of hydrogen-bond acceptors (Lipinski definition) is 6. The Hall–Kier alpha value is -2.83. The summed E-state index contributed by atoms with van der Waals surface area (Å²) in [5.41, 5.74) is 7.26. The molecule has 7 nitrogen and oxygen atoms in total. The highest BCUT2D eigenvalue weighted by molar-refractivity contribution is 5.78. The van der Waals surface area contributed by atoms with Gasteiger partial charge in [0.1, 0.15) is 0 Å². The van der Waals surface area contributed by atoms with Gasteiger partial charge in [-0.2, -0.15) is 0 Å². The summed E-state index contributed by atoms with van der Waals surface area (Å²) in [6.45, 7) is 0.844. The largest absolute Gasteiger partial charge is 0.493 e. The molecule has 7 heteroatoms. The van der Waals surface area contributed by atoms with Crippen LogP contribution in [0.25, 0.3) is 0 Å². The van der Waals surface area contributed by atoms with Crippen LogP contribution in [0.5, 0.6) is 11.5 Å². The van der Waals surface area contributed by atoms with E-state index >= 15 is 0 Å². The molecule has 0 spiro atoms. The summed E-state index contributed by atoms with van der Waals surface area (Å²) in [4.78, 5) is 22.0. The second-order valence-corrected chi connectivity index (χ2v) is 4.89. The molecule has 1 aliphatic rings. The van der Waals surface area contributed by atoms with E-state index in [0.29, 0.717) is 24.6 Å². The van der Waals surface area contributed by atoms with E-state index in [4.69, 9.17) is 15.2 Å². The number of carbonyl (C=O) groups is 1. The van der Waals surface area contributed by atoms with E-state index in [9.17, 15) is 4.79 Å². The lowest BCUT2D eigenvalue weighted by atomic mass is 10.3. The number of aromatic nitrogens is 2. The molecular formula is C15H16N4O3. The van der Waals surface area contributed by atoms with Crippen molar-refractivity contribution in [1.29, 1.82) is 0 Å². The van der Waals surface area contributed by atoms with Crippen molar-refractivity contribution >= 4 is 11.9 Å². The molecule has 3 rings (SSSR count). The quantitative estimate of drug-likeness (QED) is 0.905. The number of amides is 1. The lowest BCUT2D eigenvalue weighted by molar-refractivity contribution is -0.134. The van der Waals surface area contributed by atoms with Gasteiger partial charge >= 0.3 is 0 Å². The Balaban J connectivity index is 1.62. The first-order valence-corrected chi connectivity index (χ1v) is 6.81. The summed E-state index contributed by atoms with van der Waals surface area (Å²) in [6.07, 6.45) is 1.66. The van der Waals surface area contributed by atoms with Crippen molar-refractivity contribution in [3.63, 3.8) is 0 Å². The van der Waals surface area contributed by atoms with E-state index < -0.39 is 0 Å². The van der Waals surface area contributed by atoms with Gasteiger partial charge < -0.3 is 20.1 Å². The van der Waals surface area contributed by atoms with Gasteiger partial charge in [-0.15, -0.1) is 0 Å². The summed E-state index contributed by atoms with van der Waals surface area (Å²) >= 11 is 0. The molecule has 0 saturated carbocycles. The Labute approximate surface area is 127 Å². The molecule has 1 aromatic heterocycles. The fraction of sp³-hybridized carbons (Fsp3) is 0.267. The van der Waals surface area contributed by atoms with Gasteiger partial charge in [-0.25, -0.2) is 9.97 Å². The smallest absolute Gasteiger partial charge is 0.261 e. The lowest BCUT2D eigenvalue weighted by Gasteiger charge is -2.16. The molecular weight excluding hydrogens is 284 g/mol. The van der Waals surface area contributed by atoms with E-state index in [1.807, 2.05) is 12.1 Å². The van der Waals surface area contributed by atoms with Gasteiger partial charge in [0.25, 0.3) is 5.91 Å². The fourth-order valence-electron chi connectivity index (χ4n) is 2.31. The topological polar surface area (TPSA) is 90.6 Å². The highest BCUT2D eigenvalue weighted by atomic mass is 16.5. The molecule has 1 aliphatic heterocycles. The average Bonchev–Trinajstić information content (AvgIpc) is 2.96. The number of hydrogen-bond donors (Lipinski definition) is 1. The number of rotatable bonds is 4. The molecule has 114 valence electrons. The molecule has 0 unspecified atom stereocenters. The number of ether oxygens (including phenoxy) is 2. The predicted octanol–water partition coefficient (Wildman–Crippen LogP) is 0.989. The van der Waals surface area contributed by atoms with Crippen LogP contribution in [0.4, 0.5) is 5.95 Å². The molecule has 2 aromatic rings. The number of nitrogens with two attached hydrogens (primary N) is 1. The predicted molar refractivity (Wildman–Crippen MR) is 79.2 cm³/mol.